The van der Waals surface area contributed by atoms with Crippen LogP contribution in [-0.2, 0) is 6.54 Å². The number of methoxy groups -OCH3 is 1. The molecule has 0 aliphatic carbocycles. The van der Waals surface area contributed by atoms with Gasteiger partial charge in [-0.25, -0.2) is 9.98 Å². The second kappa shape index (κ2) is 11.8. The van der Waals surface area contributed by atoms with Gasteiger partial charge in [-0.1, -0.05) is 6.07 Å². The molecule has 0 saturated carbocycles. The van der Waals surface area contributed by atoms with Crippen LogP contribution in [0.25, 0.3) is 0 Å². The molecule has 0 spiro atoms. The summed E-state index contributed by atoms with van der Waals surface area (Å²) in [5, 5.41) is 10.4. The van der Waals surface area contributed by atoms with Crippen LogP contribution in [0.3, 0.4) is 0 Å². The third-order valence-electron chi connectivity index (χ3n) is 4.89. The lowest BCUT2D eigenvalue weighted by Gasteiger charge is -2.33. The fourth-order valence-electron chi connectivity index (χ4n) is 3.46. The summed E-state index contributed by atoms with van der Waals surface area (Å²) in [5.41, 5.74) is 1.09. The molecule has 0 atom stereocenters. The minimum Gasteiger partial charge on any atom is -0.493 e. The molecule has 0 unspecified atom stereocenters. The molecule has 1 aliphatic heterocycles. The third-order valence-corrected chi connectivity index (χ3v) is 4.89. The molecule has 0 radical (unpaired) electrons. The van der Waals surface area contributed by atoms with Gasteiger partial charge in [0.2, 0.25) is 0 Å². The van der Waals surface area contributed by atoms with Crippen molar-refractivity contribution in [2.75, 3.05) is 33.4 Å². The Morgan fingerprint density at radius 2 is 2.07 bits per heavy atom. The topological polar surface area (TPSA) is 87.7 Å². The molecule has 1 aromatic heterocycles. The lowest BCUT2D eigenvalue weighted by atomic mass is 9.96. The number of aliphatic imine (C=N–C) groups is 1. The van der Waals surface area contributed by atoms with E-state index in [0.29, 0.717) is 19.1 Å². The standard InChI is InChI=1S/C20H30N6O2.HI/c1-4-21-20(26-10-8-16(9-11-26)19-23-14-24-25-19)22-13-15-6-7-17(27-3)18(12-15)28-5-2;/h6-7,12,14,16H,4-5,8-11,13H2,1-3H3,(H,21,22)(H,23,24,25);1H. The molecule has 1 aliphatic rings. The molecule has 160 valence electrons. The summed E-state index contributed by atoms with van der Waals surface area (Å²) >= 11 is 0. The summed E-state index contributed by atoms with van der Waals surface area (Å²) in [5.74, 6) is 3.89. The smallest absolute Gasteiger partial charge is 0.194 e. The molecular formula is C20H31IN6O2. The SMILES string of the molecule is CCNC(=NCc1ccc(OC)c(OCC)c1)N1CCC(c2ncn[nH]2)CC1.I. The molecule has 1 saturated heterocycles. The highest BCUT2D eigenvalue weighted by Gasteiger charge is 2.24. The Morgan fingerprint density at radius 1 is 1.28 bits per heavy atom. The predicted molar refractivity (Wildman–Crippen MR) is 124 cm³/mol. The van der Waals surface area contributed by atoms with Crippen molar-refractivity contribution in [3.05, 3.63) is 35.9 Å². The molecule has 1 aromatic carbocycles. The number of halogens is 1. The van der Waals surface area contributed by atoms with Crippen LogP contribution in [0.15, 0.2) is 29.5 Å². The molecule has 2 aromatic rings. The average molecular weight is 514 g/mol. The van der Waals surface area contributed by atoms with Crippen molar-refractivity contribution in [1.82, 2.24) is 25.4 Å². The fraction of sp³-hybridized carbons (Fsp3) is 0.550. The molecule has 29 heavy (non-hydrogen) atoms. The number of aromatic nitrogens is 3. The van der Waals surface area contributed by atoms with Gasteiger partial charge in [-0.2, -0.15) is 5.10 Å². The van der Waals surface area contributed by atoms with E-state index < -0.39 is 0 Å². The number of benzene rings is 1. The van der Waals surface area contributed by atoms with Gasteiger partial charge in [0.25, 0.3) is 0 Å². The van der Waals surface area contributed by atoms with Crippen molar-refractivity contribution in [2.45, 2.75) is 39.2 Å². The van der Waals surface area contributed by atoms with Gasteiger partial charge in [-0.05, 0) is 44.4 Å². The fourth-order valence-corrected chi connectivity index (χ4v) is 3.46. The Bertz CT molecular complexity index is 760. The molecular weight excluding hydrogens is 483 g/mol. The Balaban J connectivity index is 0.00000300. The minimum absolute atomic E-state index is 0. The van der Waals surface area contributed by atoms with E-state index in [0.717, 1.165) is 61.3 Å². The Labute approximate surface area is 189 Å². The number of H-pyrrole nitrogens is 1. The molecule has 1 fully saturated rings. The maximum atomic E-state index is 5.67. The normalized spacial score (nSPS) is 15.0. The average Bonchev–Trinajstić information content (AvgIpc) is 3.27. The monoisotopic (exact) mass is 514 g/mol. The number of hydrogen-bond acceptors (Lipinski definition) is 5. The highest BCUT2D eigenvalue weighted by molar-refractivity contribution is 14.0. The molecule has 2 N–H and O–H groups in total. The van der Waals surface area contributed by atoms with Crippen LogP contribution in [0.5, 0.6) is 11.5 Å². The first kappa shape index (κ1) is 23.2. The van der Waals surface area contributed by atoms with Crippen molar-refractivity contribution in [1.29, 1.82) is 0 Å². The second-order valence-corrected chi connectivity index (χ2v) is 6.72. The van der Waals surface area contributed by atoms with Crippen LogP contribution in [0.4, 0.5) is 0 Å². The highest BCUT2D eigenvalue weighted by atomic mass is 127. The summed E-state index contributed by atoms with van der Waals surface area (Å²) < 4.78 is 11.0. The number of piperidine rings is 1. The predicted octanol–water partition coefficient (Wildman–Crippen LogP) is 3.18. The van der Waals surface area contributed by atoms with Gasteiger partial charge in [-0.15, -0.1) is 24.0 Å². The minimum atomic E-state index is 0. The van der Waals surface area contributed by atoms with E-state index in [4.69, 9.17) is 14.5 Å². The molecule has 8 nitrogen and oxygen atoms in total. The Morgan fingerprint density at radius 3 is 2.69 bits per heavy atom. The van der Waals surface area contributed by atoms with Crippen molar-refractivity contribution < 1.29 is 9.47 Å². The van der Waals surface area contributed by atoms with E-state index in [1.807, 2.05) is 25.1 Å². The molecule has 9 heteroatoms. The van der Waals surface area contributed by atoms with Gasteiger partial charge >= 0.3 is 0 Å². The number of rotatable bonds is 7. The zero-order chi connectivity index (χ0) is 19.8. The summed E-state index contributed by atoms with van der Waals surface area (Å²) in [6.07, 6.45) is 3.66. The van der Waals surface area contributed by atoms with Crippen LogP contribution >= 0.6 is 24.0 Å². The Kier molecular flexibility index (Phi) is 9.49. The summed E-state index contributed by atoms with van der Waals surface area (Å²) in [6.45, 7) is 8.00. The zero-order valence-electron chi connectivity index (χ0n) is 17.4. The van der Waals surface area contributed by atoms with Gasteiger partial charge in [0.1, 0.15) is 12.2 Å². The summed E-state index contributed by atoms with van der Waals surface area (Å²) in [7, 11) is 1.65. The van der Waals surface area contributed by atoms with Crippen LogP contribution < -0.4 is 14.8 Å². The first-order valence-electron chi connectivity index (χ1n) is 9.93. The van der Waals surface area contributed by atoms with Gasteiger partial charge in [0.05, 0.1) is 20.3 Å². The number of nitrogens with one attached hydrogen (secondary N) is 2. The summed E-state index contributed by atoms with van der Waals surface area (Å²) in [6, 6.07) is 5.97. The summed E-state index contributed by atoms with van der Waals surface area (Å²) in [4.78, 5) is 11.5. The van der Waals surface area contributed by atoms with Crippen LogP contribution in [-0.4, -0.2) is 59.4 Å². The van der Waals surface area contributed by atoms with E-state index in [2.05, 4.69) is 32.3 Å². The maximum absolute atomic E-state index is 5.67. The van der Waals surface area contributed by atoms with Crippen LogP contribution in [0.1, 0.15) is 44.0 Å². The number of aromatic amines is 1. The van der Waals surface area contributed by atoms with E-state index in [-0.39, 0.29) is 24.0 Å². The van der Waals surface area contributed by atoms with E-state index >= 15 is 0 Å². The van der Waals surface area contributed by atoms with Crippen LogP contribution in [0, 0.1) is 0 Å². The number of ether oxygens (including phenoxy) is 2. The van der Waals surface area contributed by atoms with Crippen molar-refractivity contribution in [2.24, 2.45) is 4.99 Å². The first-order chi connectivity index (χ1) is 13.7. The number of hydrogen-bond donors (Lipinski definition) is 2. The molecule has 0 amide bonds. The van der Waals surface area contributed by atoms with Crippen LogP contribution in [0.2, 0.25) is 0 Å². The largest absolute Gasteiger partial charge is 0.493 e. The highest BCUT2D eigenvalue weighted by Crippen LogP contribution is 2.28. The number of likely N-dealkylation sites (tertiary alicyclic amines) is 1. The van der Waals surface area contributed by atoms with Crippen molar-refractivity contribution in [3.63, 3.8) is 0 Å². The van der Waals surface area contributed by atoms with E-state index in [1.165, 1.54) is 0 Å². The zero-order valence-corrected chi connectivity index (χ0v) is 19.7. The van der Waals surface area contributed by atoms with Gasteiger partial charge in [0, 0.05) is 25.6 Å². The Hall–Kier alpha value is -2.04. The van der Waals surface area contributed by atoms with Gasteiger partial charge < -0.3 is 19.7 Å². The molecule has 2 heterocycles. The number of guanidine groups is 1. The van der Waals surface area contributed by atoms with Gasteiger partial charge in [0.15, 0.2) is 17.5 Å². The third kappa shape index (κ3) is 6.22. The van der Waals surface area contributed by atoms with Crippen molar-refractivity contribution >= 4 is 29.9 Å². The lowest BCUT2D eigenvalue weighted by molar-refractivity contribution is 0.298. The second-order valence-electron chi connectivity index (χ2n) is 6.72. The molecule has 3 rings (SSSR count). The van der Waals surface area contributed by atoms with Gasteiger partial charge in [-0.3, -0.25) is 5.10 Å². The lowest BCUT2D eigenvalue weighted by Crippen LogP contribution is -2.45. The maximum Gasteiger partial charge on any atom is 0.194 e. The molecule has 0 bridgehead atoms. The van der Waals surface area contributed by atoms with E-state index in [9.17, 15) is 0 Å². The van der Waals surface area contributed by atoms with Crippen molar-refractivity contribution in [3.8, 4) is 11.5 Å². The first-order valence-corrected chi connectivity index (χ1v) is 9.93. The van der Waals surface area contributed by atoms with E-state index in [1.54, 1.807) is 13.4 Å². The number of nitrogens with zero attached hydrogens (tertiary/aromatic N) is 4. The quantitative estimate of drug-likeness (QED) is 0.336.